The first-order valence-electron chi connectivity index (χ1n) is 7.87. The Hall–Kier alpha value is -2.16. The van der Waals surface area contributed by atoms with Gasteiger partial charge in [0.25, 0.3) is 0 Å². The van der Waals surface area contributed by atoms with Crippen molar-refractivity contribution < 1.29 is 4.74 Å². The summed E-state index contributed by atoms with van der Waals surface area (Å²) in [5.74, 6) is 0.911. The van der Waals surface area contributed by atoms with E-state index in [1.54, 1.807) is 0 Å². The lowest BCUT2D eigenvalue weighted by Crippen LogP contribution is -2.14. The summed E-state index contributed by atoms with van der Waals surface area (Å²) >= 11 is 0. The standard InChI is InChI=1S/C19H26N2O/c1-14(2)22-18-10-8-17(9-11-18)20-12-13-21-19-15(3)6-5-7-16(19)4/h5-11,14,20-21H,12-13H2,1-4H3. The van der Waals surface area contributed by atoms with Crippen LogP contribution in [0.25, 0.3) is 0 Å². The maximum atomic E-state index is 5.64. The average molecular weight is 298 g/mol. The minimum Gasteiger partial charge on any atom is -0.491 e. The highest BCUT2D eigenvalue weighted by molar-refractivity contribution is 5.56. The fourth-order valence-electron chi connectivity index (χ4n) is 2.41. The fourth-order valence-corrected chi connectivity index (χ4v) is 2.41. The predicted octanol–water partition coefficient (Wildman–Crippen LogP) is 4.61. The van der Waals surface area contributed by atoms with E-state index in [-0.39, 0.29) is 6.10 Å². The Morgan fingerprint density at radius 2 is 1.45 bits per heavy atom. The molecule has 0 fully saturated rings. The Morgan fingerprint density at radius 1 is 0.864 bits per heavy atom. The van der Waals surface area contributed by atoms with Gasteiger partial charge >= 0.3 is 0 Å². The van der Waals surface area contributed by atoms with E-state index in [0.29, 0.717) is 0 Å². The van der Waals surface area contributed by atoms with Gasteiger partial charge in [0, 0.05) is 24.5 Å². The summed E-state index contributed by atoms with van der Waals surface area (Å²) < 4.78 is 5.64. The molecule has 2 aromatic rings. The van der Waals surface area contributed by atoms with Crippen molar-refractivity contribution in [3.05, 3.63) is 53.6 Å². The van der Waals surface area contributed by atoms with Crippen molar-refractivity contribution in [3.8, 4) is 5.75 Å². The van der Waals surface area contributed by atoms with Crippen molar-refractivity contribution >= 4 is 11.4 Å². The number of benzene rings is 2. The smallest absolute Gasteiger partial charge is 0.119 e. The lowest BCUT2D eigenvalue weighted by atomic mass is 10.1. The van der Waals surface area contributed by atoms with Gasteiger partial charge in [0.2, 0.25) is 0 Å². The molecule has 22 heavy (non-hydrogen) atoms. The molecule has 2 N–H and O–H groups in total. The highest BCUT2D eigenvalue weighted by Crippen LogP contribution is 2.19. The molecule has 0 aliphatic carbocycles. The number of nitrogens with one attached hydrogen (secondary N) is 2. The molecular weight excluding hydrogens is 272 g/mol. The summed E-state index contributed by atoms with van der Waals surface area (Å²) in [6.45, 7) is 10.1. The molecule has 0 radical (unpaired) electrons. The van der Waals surface area contributed by atoms with E-state index in [9.17, 15) is 0 Å². The third kappa shape index (κ3) is 4.69. The van der Waals surface area contributed by atoms with Crippen LogP contribution in [0.1, 0.15) is 25.0 Å². The predicted molar refractivity (Wildman–Crippen MR) is 95.1 cm³/mol. The molecule has 0 spiro atoms. The number of aryl methyl sites for hydroxylation is 2. The van der Waals surface area contributed by atoms with Crippen LogP contribution in [0.4, 0.5) is 11.4 Å². The molecule has 0 atom stereocenters. The minimum absolute atomic E-state index is 0.209. The van der Waals surface area contributed by atoms with Gasteiger partial charge in [-0.15, -0.1) is 0 Å². The van der Waals surface area contributed by atoms with E-state index >= 15 is 0 Å². The molecule has 0 aliphatic rings. The van der Waals surface area contributed by atoms with Crippen molar-refractivity contribution in [1.82, 2.24) is 0 Å². The third-order valence-electron chi connectivity index (χ3n) is 3.46. The van der Waals surface area contributed by atoms with Crippen molar-refractivity contribution in [2.75, 3.05) is 23.7 Å². The van der Waals surface area contributed by atoms with E-state index in [1.165, 1.54) is 16.8 Å². The summed E-state index contributed by atoms with van der Waals surface area (Å²) in [5.41, 5.74) is 4.93. The molecule has 0 saturated carbocycles. The van der Waals surface area contributed by atoms with Gasteiger partial charge in [-0.05, 0) is 63.1 Å². The number of para-hydroxylation sites is 1. The quantitative estimate of drug-likeness (QED) is 0.732. The topological polar surface area (TPSA) is 33.3 Å². The van der Waals surface area contributed by atoms with E-state index in [1.807, 2.05) is 26.0 Å². The second-order valence-corrected chi connectivity index (χ2v) is 5.81. The van der Waals surface area contributed by atoms with Crippen LogP contribution in [0.2, 0.25) is 0 Å². The highest BCUT2D eigenvalue weighted by atomic mass is 16.5. The Labute approximate surface area is 133 Å². The van der Waals surface area contributed by atoms with E-state index in [0.717, 1.165) is 24.5 Å². The van der Waals surface area contributed by atoms with Gasteiger partial charge in [0.15, 0.2) is 0 Å². The molecule has 0 unspecified atom stereocenters. The minimum atomic E-state index is 0.209. The van der Waals surface area contributed by atoms with Crippen LogP contribution in [-0.4, -0.2) is 19.2 Å². The summed E-state index contributed by atoms with van der Waals surface area (Å²) in [6, 6.07) is 14.5. The Bertz CT molecular complexity index is 571. The molecule has 118 valence electrons. The Kier molecular flexibility index (Phi) is 5.70. The van der Waals surface area contributed by atoms with Gasteiger partial charge in [0.05, 0.1) is 6.10 Å². The number of hydrogen-bond donors (Lipinski definition) is 2. The van der Waals surface area contributed by atoms with Crippen LogP contribution in [-0.2, 0) is 0 Å². The van der Waals surface area contributed by atoms with Crippen molar-refractivity contribution in [3.63, 3.8) is 0 Å². The summed E-state index contributed by atoms with van der Waals surface area (Å²) in [7, 11) is 0. The molecule has 0 amide bonds. The van der Waals surface area contributed by atoms with E-state index in [2.05, 4.69) is 54.8 Å². The van der Waals surface area contributed by atoms with Crippen molar-refractivity contribution in [2.45, 2.75) is 33.8 Å². The summed E-state index contributed by atoms with van der Waals surface area (Å²) in [6.07, 6.45) is 0.209. The zero-order valence-electron chi connectivity index (χ0n) is 13.9. The molecule has 0 bridgehead atoms. The Morgan fingerprint density at radius 3 is 2.05 bits per heavy atom. The van der Waals surface area contributed by atoms with Crippen molar-refractivity contribution in [2.24, 2.45) is 0 Å². The van der Waals surface area contributed by atoms with Crippen LogP contribution < -0.4 is 15.4 Å². The van der Waals surface area contributed by atoms with Crippen LogP contribution in [0, 0.1) is 13.8 Å². The normalized spacial score (nSPS) is 10.6. The molecule has 0 aliphatic heterocycles. The zero-order valence-corrected chi connectivity index (χ0v) is 13.9. The largest absolute Gasteiger partial charge is 0.491 e. The number of anilines is 2. The maximum Gasteiger partial charge on any atom is 0.119 e. The van der Waals surface area contributed by atoms with Crippen LogP contribution >= 0.6 is 0 Å². The van der Waals surface area contributed by atoms with Crippen molar-refractivity contribution in [1.29, 1.82) is 0 Å². The second kappa shape index (κ2) is 7.74. The first-order chi connectivity index (χ1) is 10.6. The molecule has 3 nitrogen and oxygen atoms in total. The SMILES string of the molecule is Cc1cccc(C)c1NCCNc1ccc(OC(C)C)cc1. The first kappa shape index (κ1) is 16.2. The van der Waals surface area contributed by atoms with Gasteiger partial charge in [-0.25, -0.2) is 0 Å². The molecule has 0 heterocycles. The molecule has 2 rings (SSSR count). The van der Waals surface area contributed by atoms with Gasteiger partial charge < -0.3 is 15.4 Å². The molecule has 0 aromatic heterocycles. The van der Waals surface area contributed by atoms with Crippen LogP contribution in [0.3, 0.4) is 0 Å². The number of hydrogen-bond acceptors (Lipinski definition) is 3. The zero-order chi connectivity index (χ0) is 15.9. The number of rotatable bonds is 7. The van der Waals surface area contributed by atoms with E-state index < -0.39 is 0 Å². The van der Waals surface area contributed by atoms with E-state index in [4.69, 9.17) is 4.74 Å². The fraction of sp³-hybridized carbons (Fsp3) is 0.368. The van der Waals surface area contributed by atoms with Gasteiger partial charge in [-0.2, -0.15) is 0 Å². The average Bonchev–Trinajstić information content (AvgIpc) is 2.47. The maximum absolute atomic E-state index is 5.64. The third-order valence-corrected chi connectivity index (χ3v) is 3.46. The highest BCUT2D eigenvalue weighted by Gasteiger charge is 2.01. The lowest BCUT2D eigenvalue weighted by Gasteiger charge is -2.14. The van der Waals surface area contributed by atoms with Gasteiger partial charge in [-0.3, -0.25) is 0 Å². The summed E-state index contributed by atoms with van der Waals surface area (Å²) in [4.78, 5) is 0. The molecule has 0 saturated heterocycles. The molecular formula is C19H26N2O. The lowest BCUT2D eigenvalue weighted by molar-refractivity contribution is 0.242. The molecule has 2 aromatic carbocycles. The van der Waals surface area contributed by atoms with Crippen LogP contribution in [0.5, 0.6) is 5.75 Å². The Balaban J connectivity index is 1.79. The van der Waals surface area contributed by atoms with Gasteiger partial charge in [-0.1, -0.05) is 18.2 Å². The molecule has 3 heteroatoms. The number of ether oxygens (including phenoxy) is 1. The monoisotopic (exact) mass is 298 g/mol. The van der Waals surface area contributed by atoms with Gasteiger partial charge in [0.1, 0.15) is 5.75 Å². The summed E-state index contributed by atoms with van der Waals surface area (Å²) in [5, 5.41) is 6.92. The first-order valence-corrected chi connectivity index (χ1v) is 7.87. The van der Waals surface area contributed by atoms with Crippen LogP contribution in [0.15, 0.2) is 42.5 Å². The second-order valence-electron chi connectivity index (χ2n) is 5.81.